The van der Waals surface area contributed by atoms with Crippen LogP contribution < -0.4 is 5.06 Å². The van der Waals surface area contributed by atoms with E-state index in [0.29, 0.717) is 11.3 Å². The number of hydrogen-bond donors (Lipinski definition) is 0. The van der Waals surface area contributed by atoms with Crippen molar-refractivity contribution in [2.24, 2.45) is 5.92 Å². The van der Waals surface area contributed by atoms with Gasteiger partial charge in [0.2, 0.25) is 5.91 Å². The van der Waals surface area contributed by atoms with Gasteiger partial charge in [-0.3, -0.25) is 29.4 Å². The summed E-state index contributed by atoms with van der Waals surface area (Å²) in [4.78, 5) is 44.8. The second-order valence-electron chi connectivity index (χ2n) is 7.87. The third-order valence-electron chi connectivity index (χ3n) is 5.91. The Morgan fingerprint density at radius 3 is 2.27 bits per heavy atom. The fourth-order valence-corrected chi connectivity index (χ4v) is 4.57. The molecule has 2 aliphatic rings. The molecule has 33 heavy (non-hydrogen) atoms. The van der Waals surface area contributed by atoms with E-state index in [9.17, 15) is 19.7 Å². The Morgan fingerprint density at radius 1 is 0.939 bits per heavy atom. The summed E-state index contributed by atoms with van der Waals surface area (Å²) in [6.07, 6.45) is -1.03. The molecule has 2 fully saturated rings. The molecule has 5 rings (SSSR count). The smallest absolute Gasteiger partial charge is 0.275 e. The number of likely N-dealkylation sites (tertiary alicyclic amines) is 1. The van der Waals surface area contributed by atoms with E-state index in [4.69, 9.17) is 16.4 Å². The van der Waals surface area contributed by atoms with Crippen LogP contribution in [0.1, 0.15) is 17.2 Å². The molecule has 9 heteroatoms. The van der Waals surface area contributed by atoms with Gasteiger partial charge in [0.25, 0.3) is 11.6 Å². The summed E-state index contributed by atoms with van der Waals surface area (Å²) >= 11 is 6.01. The zero-order valence-electron chi connectivity index (χ0n) is 17.2. The number of rotatable bonds is 5. The van der Waals surface area contributed by atoms with Crippen molar-refractivity contribution in [2.75, 3.05) is 5.06 Å². The van der Waals surface area contributed by atoms with Crippen LogP contribution in [0.4, 0.5) is 11.4 Å². The number of hydroxylamine groups is 1. The Hall–Kier alpha value is -3.75. The quantitative estimate of drug-likeness (QED) is 0.318. The van der Waals surface area contributed by atoms with Gasteiger partial charge >= 0.3 is 0 Å². The van der Waals surface area contributed by atoms with Crippen LogP contribution in [0.2, 0.25) is 5.02 Å². The third kappa shape index (κ3) is 3.63. The van der Waals surface area contributed by atoms with Gasteiger partial charge < -0.3 is 0 Å². The van der Waals surface area contributed by atoms with Gasteiger partial charge in [-0.25, -0.2) is 5.06 Å². The SMILES string of the molecule is O=C1[C@H]2[C@@H](ON(c3ccccc3)[C@H]2c2ccc(Cl)c([N+](=O)[O-])c2)C(=O)N1Cc1ccccc1. The molecule has 0 aromatic heterocycles. The summed E-state index contributed by atoms with van der Waals surface area (Å²) in [5.74, 6) is -1.67. The number of benzene rings is 3. The molecule has 0 aliphatic carbocycles. The van der Waals surface area contributed by atoms with Crippen LogP contribution >= 0.6 is 11.6 Å². The van der Waals surface area contributed by atoms with Gasteiger partial charge in [-0.05, 0) is 29.3 Å². The maximum atomic E-state index is 13.5. The molecule has 3 aromatic carbocycles. The van der Waals surface area contributed by atoms with Gasteiger partial charge in [0.15, 0.2) is 6.10 Å². The van der Waals surface area contributed by atoms with Gasteiger partial charge in [-0.1, -0.05) is 66.2 Å². The van der Waals surface area contributed by atoms with Crippen molar-refractivity contribution in [1.82, 2.24) is 4.90 Å². The first-order valence-electron chi connectivity index (χ1n) is 10.3. The standard InChI is InChI=1S/C24H18ClN3O5/c25-18-12-11-16(13-19(18)28(31)32)21-20-22(33-27(21)17-9-5-2-6-10-17)24(30)26(23(20)29)14-15-7-3-1-4-8-15/h1-13,20-22H,14H2/t20-,21+,22-/m1/s1. The van der Waals surface area contributed by atoms with Gasteiger partial charge in [0.05, 0.1) is 23.2 Å². The maximum absolute atomic E-state index is 13.5. The van der Waals surface area contributed by atoms with Gasteiger partial charge in [-0.2, -0.15) is 0 Å². The van der Waals surface area contributed by atoms with E-state index in [1.54, 1.807) is 30.3 Å². The minimum absolute atomic E-state index is 0.00925. The molecule has 0 saturated carbocycles. The van der Waals surface area contributed by atoms with E-state index >= 15 is 0 Å². The average Bonchev–Trinajstić information content (AvgIpc) is 3.33. The lowest BCUT2D eigenvalue weighted by Gasteiger charge is -2.28. The molecule has 0 radical (unpaired) electrons. The minimum atomic E-state index is -1.03. The van der Waals surface area contributed by atoms with Crippen LogP contribution in [-0.4, -0.2) is 27.7 Å². The molecular weight excluding hydrogens is 446 g/mol. The number of imide groups is 1. The summed E-state index contributed by atoms with van der Waals surface area (Å²) in [5.41, 5.74) is 1.64. The Kier molecular flexibility index (Phi) is 5.32. The zero-order valence-corrected chi connectivity index (χ0v) is 18.0. The fourth-order valence-electron chi connectivity index (χ4n) is 4.38. The fraction of sp³-hybridized carbons (Fsp3) is 0.167. The lowest BCUT2D eigenvalue weighted by Crippen LogP contribution is -2.36. The molecule has 2 aliphatic heterocycles. The summed E-state index contributed by atoms with van der Waals surface area (Å²) in [6, 6.07) is 21.9. The number of nitrogens with zero attached hydrogens (tertiary/aromatic N) is 3. The topological polar surface area (TPSA) is 93.0 Å². The van der Waals surface area contributed by atoms with Crippen molar-refractivity contribution in [2.45, 2.75) is 18.7 Å². The van der Waals surface area contributed by atoms with E-state index < -0.39 is 28.9 Å². The number of hydrogen-bond acceptors (Lipinski definition) is 6. The Morgan fingerprint density at radius 2 is 1.61 bits per heavy atom. The normalized spacial score (nSPS) is 22.0. The number of fused-ring (bicyclic) bond motifs is 1. The predicted octanol–water partition coefficient (Wildman–Crippen LogP) is 4.29. The molecule has 8 nitrogen and oxygen atoms in total. The number of nitro benzene ring substituents is 1. The van der Waals surface area contributed by atoms with Crippen molar-refractivity contribution >= 4 is 34.8 Å². The molecule has 0 N–H and O–H groups in total. The average molecular weight is 464 g/mol. The minimum Gasteiger partial charge on any atom is -0.275 e. The Labute approximate surface area is 194 Å². The first-order valence-corrected chi connectivity index (χ1v) is 10.7. The third-order valence-corrected chi connectivity index (χ3v) is 6.23. The number of nitro groups is 1. The first-order chi connectivity index (χ1) is 16.0. The molecule has 0 spiro atoms. The molecule has 2 saturated heterocycles. The van der Waals surface area contributed by atoms with Gasteiger partial charge in [0.1, 0.15) is 10.9 Å². The van der Waals surface area contributed by atoms with Crippen molar-refractivity contribution < 1.29 is 19.3 Å². The van der Waals surface area contributed by atoms with E-state index in [0.717, 1.165) is 5.56 Å². The summed E-state index contributed by atoms with van der Waals surface area (Å²) in [5, 5.41) is 13.0. The van der Waals surface area contributed by atoms with Crippen LogP contribution in [0.15, 0.2) is 78.9 Å². The predicted molar refractivity (Wildman–Crippen MR) is 120 cm³/mol. The van der Waals surface area contributed by atoms with E-state index in [-0.39, 0.29) is 23.2 Å². The number of anilines is 1. The second-order valence-corrected chi connectivity index (χ2v) is 8.28. The van der Waals surface area contributed by atoms with Gasteiger partial charge in [0, 0.05) is 6.07 Å². The van der Waals surface area contributed by atoms with Crippen molar-refractivity contribution in [3.8, 4) is 0 Å². The van der Waals surface area contributed by atoms with E-state index in [2.05, 4.69) is 0 Å². The number of para-hydroxylation sites is 1. The number of halogens is 1. The summed E-state index contributed by atoms with van der Waals surface area (Å²) in [6.45, 7) is 0.133. The van der Waals surface area contributed by atoms with Crippen molar-refractivity contribution in [3.05, 3.63) is 105 Å². The number of amides is 2. The monoisotopic (exact) mass is 463 g/mol. The summed E-state index contributed by atoms with van der Waals surface area (Å²) < 4.78 is 0. The molecule has 2 amide bonds. The first kappa shape index (κ1) is 21.1. The Bertz CT molecular complexity index is 1240. The van der Waals surface area contributed by atoms with Crippen LogP contribution in [0.25, 0.3) is 0 Å². The highest BCUT2D eigenvalue weighted by Crippen LogP contribution is 2.47. The second kappa shape index (κ2) is 8.31. The maximum Gasteiger partial charge on any atom is 0.288 e. The molecule has 2 heterocycles. The van der Waals surface area contributed by atoms with E-state index in [1.165, 1.54) is 22.1 Å². The highest BCUT2D eigenvalue weighted by atomic mass is 35.5. The highest BCUT2D eigenvalue weighted by molar-refractivity contribution is 6.32. The van der Waals surface area contributed by atoms with Crippen molar-refractivity contribution in [3.63, 3.8) is 0 Å². The van der Waals surface area contributed by atoms with E-state index in [1.807, 2.05) is 36.4 Å². The molecule has 0 bridgehead atoms. The zero-order chi connectivity index (χ0) is 23.1. The van der Waals surface area contributed by atoms with Gasteiger partial charge in [-0.15, -0.1) is 0 Å². The largest absolute Gasteiger partial charge is 0.288 e. The number of carbonyl (C=O) groups is 2. The molecule has 3 aromatic rings. The van der Waals surface area contributed by atoms with Crippen molar-refractivity contribution in [1.29, 1.82) is 0 Å². The molecular formula is C24H18ClN3O5. The van der Waals surface area contributed by atoms with Crippen LogP contribution in [-0.2, 0) is 21.0 Å². The molecule has 3 atom stereocenters. The summed E-state index contributed by atoms with van der Waals surface area (Å²) in [7, 11) is 0. The lowest BCUT2D eigenvalue weighted by atomic mass is 9.90. The van der Waals surface area contributed by atoms with Crippen LogP contribution in [0.5, 0.6) is 0 Å². The highest BCUT2D eigenvalue weighted by Gasteiger charge is 2.59. The number of carbonyl (C=O) groups excluding carboxylic acids is 2. The van der Waals surface area contributed by atoms with Crippen LogP contribution in [0, 0.1) is 16.0 Å². The molecule has 0 unspecified atom stereocenters. The lowest BCUT2D eigenvalue weighted by molar-refractivity contribution is -0.384. The Balaban J connectivity index is 1.56. The van der Waals surface area contributed by atoms with Crippen LogP contribution in [0.3, 0.4) is 0 Å². The molecule has 166 valence electrons.